The zero-order valence-corrected chi connectivity index (χ0v) is 18.0. The summed E-state index contributed by atoms with van der Waals surface area (Å²) in [6, 6.07) is 4.30. The van der Waals surface area contributed by atoms with E-state index in [1.54, 1.807) is 31.0 Å². The Morgan fingerprint density at radius 2 is 2.07 bits per heavy atom. The van der Waals surface area contributed by atoms with E-state index >= 15 is 0 Å². The number of methoxy groups -OCH3 is 1. The molecule has 154 valence electrons. The number of benzene rings is 1. The average Bonchev–Trinajstić information content (AvgIpc) is 3.12. The van der Waals surface area contributed by atoms with Gasteiger partial charge in [-0.15, -0.1) is 11.8 Å². The minimum Gasteiger partial charge on any atom is -0.496 e. The van der Waals surface area contributed by atoms with Gasteiger partial charge < -0.3 is 9.47 Å². The van der Waals surface area contributed by atoms with Crippen LogP contribution in [-0.2, 0) is 20.7 Å². The maximum absolute atomic E-state index is 12.6. The van der Waals surface area contributed by atoms with Crippen molar-refractivity contribution in [1.29, 1.82) is 0 Å². The summed E-state index contributed by atoms with van der Waals surface area (Å²) in [5.74, 6) is 0.382. The zero-order chi connectivity index (χ0) is 20.8. The van der Waals surface area contributed by atoms with Crippen LogP contribution in [0.4, 0.5) is 0 Å². The first kappa shape index (κ1) is 21.2. The molecule has 0 saturated heterocycles. The molecule has 0 bridgehead atoms. The van der Waals surface area contributed by atoms with Crippen LogP contribution in [0.15, 0.2) is 40.4 Å². The van der Waals surface area contributed by atoms with Gasteiger partial charge in [-0.05, 0) is 67.7 Å². The van der Waals surface area contributed by atoms with Crippen molar-refractivity contribution in [2.45, 2.75) is 46.0 Å². The van der Waals surface area contributed by atoms with Crippen molar-refractivity contribution in [3.05, 3.63) is 57.1 Å². The van der Waals surface area contributed by atoms with Gasteiger partial charge in [-0.3, -0.25) is 9.69 Å². The quantitative estimate of drug-likeness (QED) is 0.446. The van der Waals surface area contributed by atoms with E-state index in [9.17, 15) is 9.59 Å². The Balaban J connectivity index is 1.48. The van der Waals surface area contributed by atoms with E-state index in [1.807, 2.05) is 0 Å². The van der Waals surface area contributed by atoms with Crippen LogP contribution in [0.5, 0.6) is 5.75 Å². The summed E-state index contributed by atoms with van der Waals surface area (Å²) in [5, 5.41) is 3.45. The molecule has 29 heavy (non-hydrogen) atoms. The summed E-state index contributed by atoms with van der Waals surface area (Å²) >= 11 is 1.37. The Labute approximate surface area is 176 Å². The molecule has 2 aliphatic rings. The van der Waals surface area contributed by atoms with Gasteiger partial charge in [-0.1, -0.05) is 17.7 Å². The van der Waals surface area contributed by atoms with Gasteiger partial charge in [-0.2, -0.15) is 0 Å². The van der Waals surface area contributed by atoms with E-state index in [1.165, 1.54) is 33.4 Å². The summed E-state index contributed by atoms with van der Waals surface area (Å²) in [7, 11) is 1.70. The van der Waals surface area contributed by atoms with Gasteiger partial charge >= 0.3 is 5.97 Å². The smallest absolute Gasteiger partial charge is 0.355 e. The second-order valence-corrected chi connectivity index (χ2v) is 7.90. The number of amides is 1. The summed E-state index contributed by atoms with van der Waals surface area (Å²) in [4.78, 5) is 26.0. The number of rotatable bonds is 8. The monoisotopic (exact) mass is 413 g/mol. The van der Waals surface area contributed by atoms with Crippen LogP contribution in [0.25, 0.3) is 6.08 Å². The molecular weight excluding hydrogens is 386 g/mol. The van der Waals surface area contributed by atoms with Crippen LogP contribution in [0.2, 0.25) is 0 Å². The number of carbonyl (C=O) groups excluding carboxylic acids is 2. The number of hydrogen-bond donors (Lipinski definition) is 0. The molecular formula is C23H27NO4S. The minimum atomic E-state index is -0.461. The van der Waals surface area contributed by atoms with Crippen LogP contribution in [-0.4, -0.2) is 30.5 Å². The van der Waals surface area contributed by atoms with Crippen LogP contribution >= 0.6 is 11.8 Å². The van der Waals surface area contributed by atoms with Gasteiger partial charge in [0.05, 0.1) is 13.7 Å². The maximum Gasteiger partial charge on any atom is 0.355 e. The number of unbranched alkanes of at least 4 members (excludes halogenated alkanes) is 1. The number of esters is 1. The molecule has 5 nitrogen and oxygen atoms in total. The molecule has 0 atom stereocenters. The number of fused-ring (bicyclic) bond motifs is 1. The fourth-order valence-electron chi connectivity index (χ4n) is 3.60. The zero-order valence-electron chi connectivity index (χ0n) is 17.2. The van der Waals surface area contributed by atoms with Gasteiger partial charge in [-0.25, -0.2) is 4.79 Å². The lowest BCUT2D eigenvalue weighted by Gasteiger charge is -2.22. The Morgan fingerprint density at radius 1 is 1.24 bits per heavy atom. The van der Waals surface area contributed by atoms with Gasteiger partial charge in [0.15, 0.2) is 0 Å². The van der Waals surface area contributed by atoms with E-state index in [0.717, 1.165) is 37.0 Å². The molecule has 1 aromatic carbocycles. The number of thioether (sulfide) groups is 1. The Bertz CT molecular complexity index is 885. The van der Waals surface area contributed by atoms with Crippen LogP contribution in [0.1, 0.15) is 49.3 Å². The number of aryl methyl sites for hydroxylation is 1. The van der Waals surface area contributed by atoms with E-state index < -0.39 is 5.97 Å². The molecule has 1 heterocycles. The normalized spacial score (nSPS) is 14.9. The topological polar surface area (TPSA) is 55.8 Å². The first-order valence-corrected chi connectivity index (χ1v) is 10.9. The number of hydrogen-bond acceptors (Lipinski definition) is 5. The van der Waals surface area contributed by atoms with Crippen molar-refractivity contribution < 1.29 is 19.1 Å². The summed E-state index contributed by atoms with van der Waals surface area (Å²) < 4.78 is 10.5. The third-order valence-electron chi connectivity index (χ3n) is 5.05. The van der Waals surface area contributed by atoms with Gasteiger partial charge in [0, 0.05) is 18.0 Å². The highest BCUT2D eigenvalue weighted by atomic mass is 32.2. The molecule has 0 N–H and O–H groups in total. The van der Waals surface area contributed by atoms with Crippen molar-refractivity contribution in [3.63, 3.8) is 0 Å². The number of carbonyl (C=O) groups is 2. The predicted octanol–water partition coefficient (Wildman–Crippen LogP) is 4.95. The second-order valence-electron chi connectivity index (χ2n) is 7.12. The van der Waals surface area contributed by atoms with Crippen LogP contribution in [0, 0.1) is 6.92 Å². The highest BCUT2D eigenvalue weighted by Crippen LogP contribution is 2.33. The SMILES string of the molecule is CCOC(=O)C1=CSC=CN1C(=O)CCCCC1=Cc2cc(OC)c(C)cc2C1. The van der Waals surface area contributed by atoms with Crippen molar-refractivity contribution in [1.82, 2.24) is 4.90 Å². The number of ether oxygens (including phenoxy) is 2. The molecule has 6 heteroatoms. The lowest BCUT2D eigenvalue weighted by atomic mass is 10.0. The Hall–Kier alpha value is -2.47. The van der Waals surface area contributed by atoms with Crippen LogP contribution < -0.4 is 4.74 Å². The van der Waals surface area contributed by atoms with E-state index in [2.05, 4.69) is 25.1 Å². The maximum atomic E-state index is 12.6. The largest absolute Gasteiger partial charge is 0.496 e. The molecule has 0 radical (unpaired) electrons. The minimum absolute atomic E-state index is 0.0788. The lowest BCUT2D eigenvalue weighted by molar-refractivity contribution is -0.142. The Morgan fingerprint density at radius 3 is 2.83 bits per heavy atom. The molecule has 0 saturated carbocycles. The predicted molar refractivity (Wildman–Crippen MR) is 116 cm³/mol. The molecule has 1 aliphatic heterocycles. The molecule has 0 fully saturated rings. The Kier molecular flexibility index (Phi) is 7.20. The summed E-state index contributed by atoms with van der Waals surface area (Å²) in [6.45, 7) is 4.11. The number of nitrogens with zero attached hydrogens (tertiary/aromatic N) is 1. The first-order chi connectivity index (χ1) is 14.0. The molecule has 0 aromatic heterocycles. The molecule has 1 aromatic rings. The first-order valence-electron chi connectivity index (χ1n) is 9.92. The van der Waals surface area contributed by atoms with Crippen molar-refractivity contribution in [2.24, 2.45) is 0 Å². The van der Waals surface area contributed by atoms with Crippen molar-refractivity contribution in [3.8, 4) is 5.75 Å². The lowest BCUT2D eigenvalue weighted by Crippen LogP contribution is -2.30. The van der Waals surface area contributed by atoms with E-state index in [0.29, 0.717) is 12.1 Å². The highest BCUT2D eigenvalue weighted by molar-refractivity contribution is 8.05. The van der Waals surface area contributed by atoms with Crippen LogP contribution in [0.3, 0.4) is 0 Å². The number of allylic oxidation sites excluding steroid dienone is 1. The molecule has 0 unspecified atom stereocenters. The second kappa shape index (κ2) is 9.83. The summed E-state index contributed by atoms with van der Waals surface area (Å²) in [5.41, 5.74) is 5.42. The average molecular weight is 414 g/mol. The van der Waals surface area contributed by atoms with Gasteiger partial charge in [0.2, 0.25) is 5.91 Å². The van der Waals surface area contributed by atoms with Gasteiger partial charge in [0.25, 0.3) is 0 Å². The van der Waals surface area contributed by atoms with Crippen molar-refractivity contribution in [2.75, 3.05) is 13.7 Å². The van der Waals surface area contributed by atoms with E-state index in [-0.39, 0.29) is 12.5 Å². The standard InChI is InChI=1S/C23H27NO4S/c1-4-28-23(26)20-15-29-10-9-24(20)22(25)8-6-5-7-17-12-18-11-16(2)21(27-3)14-19(18)13-17/h9-11,13-15H,4-8,12H2,1-3H3. The molecule has 1 aliphatic carbocycles. The fourth-order valence-corrected chi connectivity index (χ4v) is 4.21. The fraction of sp³-hybridized carbons (Fsp3) is 0.391. The molecule has 1 amide bonds. The van der Waals surface area contributed by atoms with Crippen molar-refractivity contribution >= 4 is 29.7 Å². The third-order valence-corrected chi connectivity index (χ3v) is 5.69. The summed E-state index contributed by atoms with van der Waals surface area (Å²) in [6.07, 6.45) is 7.94. The third kappa shape index (κ3) is 5.12. The van der Waals surface area contributed by atoms with Gasteiger partial charge in [0.1, 0.15) is 11.4 Å². The highest BCUT2D eigenvalue weighted by Gasteiger charge is 2.24. The molecule has 3 rings (SSSR count). The van der Waals surface area contributed by atoms with E-state index in [4.69, 9.17) is 9.47 Å². The molecule has 0 spiro atoms.